The van der Waals surface area contributed by atoms with Gasteiger partial charge in [0.1, 0.15) is 5.75 Å². The van der Waals surface area contributed by atoms with Crippen LogP contribution in [0.3, 0.4) is 0 Å². The van der Waals surface area contributed by atoms with Gasteiger partial charge in [0.2, 0.25) is 0 Å². The van der Waals surface area contributed by atoms with E-state index in [-0.39, 0.29) is 5.91 Å². The van der Waals surface area contributed by atoms with Gasteiger partial charge in [-0.15, -0.1) is 0 Å². The molecule has 0 aliphatic carbocycles. The lowest BCUT2D eigenvalue weighted by Gasteiger charge is -2.10. The fourth-order valence-electron chi connectivity index (χ4n) is 1.87. The average molecular weight is 314 g/mol. The highest BCUT2D eigenvalue weighted by Gasteiger charge is 2.07. The number of hydrogen-bond donors (Lipinski definition) is 2. The van der Waals surface area contributed by atoms with Crippen molar-refractivity contribution in [2.45, 2.75) is 13.5 Å². The number of hydrogen-bond acceptors (Lipinski definition) is 3. The van der Waals surface area contributed by atoms with E-state index in [9.17, 15) is 4.79 Å². The minimum atomic E-state index is -0.242. The maximum absolute atomic E-state index is 12.1. The largest absolute Gasteiger partial charge is 0.494 e. The van der Waals surface area contributed by atoms with Gasteiger partial charge in [-0.2, -0.15) is 0 Å². The van der Waals surface area contributed by atoms with E-state index in [4.69, 9.17) is 17.0 Å². The highest BCUT2D eigenvalue weighted by Crippen LogP contribution is 2.11. The van der Waals surface area contributed by atoms with Crippen LogP contribution in [0.15, 0.2) is 54.6 Å². The van der Waals surface area contributed by atoms with Gasteiger partial charge in [-0.1, -0.05) is 30.3 Å². The Hall–Kier alpha value is -2.40. The topological polar surface area (TPSA) is 50.4 Å². The summed E-state index contributed by atoms with van der Waals surface area (Å²) in [4.78, 5) is 12.1. The third kappa shape index (κ3) is 4.86. The van der Waals surface area contributed by atoms with E-state index in [0.29, 0.717) is 23.8 Å². The van der Waals surface area contributed by atoms with Crippen LogP contribution in [0.2, 0.25) is 0 Å². The van der Waals surface area contributed by atoms with Crippen molar-refractivity contribution >= 4 is 23.2 Å². The number of rotatable bonds is 5. The van der Waals surface area contributed by atoms with E-state index in [1.54, 1.807) is 24.3 Å². The minimum absolute atomic E-state index is 0.242. The Bertz CT molecular complexity index is 627. The van der Waals surface area contributed by atoms with Crippen molar-refractivity contribution < 1.29 is 9.53 Å². The van der Waals surface area contributed by atoms with Crippen LogP contribution >= 0.6 is 12.2 Å². The molecule has 0 atom stereocenters. The van der Waals surface area contributed by atoms with Crippen molar-refractivity contribution in [2.75, 3.05) is 6.61 Å². The first-order valence-corrected chi connectivity index (χ1v) is 7.46. The molecule has 2 N–H and O–H groups in total. The van der Waals surface area contributed by atoms with E-state index in [0.717, 1.165) is 11.3 Å². The second-order valence-corrected chi connectivity index (χ2v) is 4.99. The number of carbonyl (C=O) groups excluding carboxylic acids is 1. The van der Waals surface area contributed by atoms with Crippen molar-refractivity contribution in [1.82, 2.24) is 10.6 Å². The molecule has 2 rings (SSSR count). The van der Waals surface area contributed by atoms with Crippen molar-refractivity contribution in [3.63, 3.8) is 0 Å². The summed E-state index contributed by atoms with van der Waals surface area (Å²) < 4.78 is 5.34. The summed E-state index contributed by atoms with van der Waals surface area (Å²) in [5, 5.41) is 5.97. The Morgan fingerprint density at radius 2 is 1.77 bits per heavy atom. The molecule has 0 aromatic heterocycles. The van der Waals surface area contributed by atoms with Crippen LogP contribution in [0, 0.1) is 0 Å². The summed E-state index contributed by atoms with van der Waals surface area (Å²) in [5.41, 5.74) is 1.63. The van der Waals surface area contributed by atoms with Gasteiger partial charge in [-0.3, -0.25) is 10.1 Å². The SMILES string of the molecule is CCOc1ccc(C(=O)NC(=S)NCc2ccccc2)cc1. The molecule has 4 nitrogen and oxygen atoms in total. The van der Waals surface area contributed by atoms with E-state index >= 15 is 0 Å². The van der Waals surface area contributed by atoms with Gasteiger partial charge in [0, 0.05) is 12.1 Å². The van der Waals surface area contributed by atoms with Crippen molar-refractivity contribution in [3.8, 4) is 5.75 Å². The number of thiocarbonyl (C=S) groups is 1. The van der Waals surface area contributed by atoms with Gasteiger partial charge in [0.05, 0.1) is 6.61 Å². The highest BCUT2D eigenvalue weighted by atomic mass is 32.1. The summed E-state index contributed by atoms with van der Waals surface area (Å²) in [6.07, 6.45) is 0. The molecule has 0 fully saturated rings. The maximum Gasteiger partial charge on any atom is 0.257 e. The third-order valence-electron chi connectivity index (χ3n) is 2.95. The van der Waals surface area contributed by atoms with Crippen LogP contribution in [0.5, 0.6) is 5.75 Å². The predicted molar refractivity (Wildman–Crippen MR) is 91.0 cm³/mol. The molecule has 2 aromatic carbocycles. The fraction of sp³-hybridized carbons (Fsp3) is 0.176. The molecular weight excluding hydrogens is 296 g/mol. The molecule has 0 saturated carbocycles. The minimum Gasteiger partial charge on any atom is -0.494 e. The van der Waals surface area contributed by atoms with E-state index < -0.39 is 0 Å². The fourth-order valence-corrected chi connectivity index (χ4v) is 2.03. The van der Waals surface area contributed by atoms with E-state index in [1.165, 1.54) is 0 Å². The summed E-state index contributed by atoms with van der Waals surface area (Å²) in [6.45, 7) is 3.08. The molecule has 0 aliphatic heterocycles. The number of benzene rings is 2. The summed E-state index contributed by atoms with van der Waals surface area (Å²) in [5.74, 6) is 0.498. The van der Waals surface area contributed by atoms with E-state index in [2.05, 4.69) is 10.6 Å². The van der Waals surface area contributed by atoms with Crippen LogP contribution in [0.4, 0.5) is 0 Å². The van der Waals surface area contributed by atoms with Gasteiger partial charge in [0.25, 0.3) is 5.91 Å². The third-order valence-corrected chi connectivity index (χ3v) is 3.20. The molecule has 5 heteroatoms. The van der Waals surface area contributed by atoms with Gasteiger partial charge < -0.3 is 10.1 Å². The molecule has 0 spiro atoms. The molecule has 0 heterocycles. The van der Waals surface area contributed by atoms with Crippen molar-refractivity contribution in [3.05, 3.63) is 65.7 Å². The monoisotopic (exact) mass is 314 g/mol. The first kappa shape index (κ1) is 16.0. The average Bonchev–Trinajstić information content (AvgIpc) is 2.55. The molecule has 0 radical (unpaired) electrons. The Kier molecular flexibility index (Phi) is 5.91. The molecule has 0 bridgehead atoms. The van der Waals surface area contributed by atoms with Gasteiger partial charge >= 0.3 is 0 Å². The first-order chi connectivity index (χ1) is 10.7. The molecule has 0 unspecified atom stereocenters. The zero-order valence-electron chi connectivity index (χ0n) is 12.3. The van der Waals surface area contributed by atoms with E-state index in [1.807, 2.05) is 37.3 Å². The smallest absolute Gasteiger partial charge is 0.257 e. The van der Waals surface area contributed by atoms with Gasteiger partial charge in [-0.05, 0) is 49.0 Å². The second-order valence-electron chi connectivity index (χ2n) is 4.58. The lowest BCUT2D eigenvalue weighted by atomic mass is 10.2. The van der Waals surface area contributed by atoms with Crippen LogP contribution in [0.25, 0.3) is 0 Å². The molecule has 1 amide bonds. The molecule has 0 aliphatic rings. The van der Waals surface area contributed by atoms with Gasteiger partial charge in [-0.25, -0.2) is 0 Å². The lowest BCUT2D eigenvalue weighted by Crippen LogP contribution is -2.38. The van der Waals surface area contributed by atoms with Crippen molar-refractivity contribution in [2.24, 2.45) is 0 Å². The molecule has 22 heavy (non-hydrogen) atoms. The standard InChI is InChI=1S/C17H18N2O2S/c1-2-21-15-10-8-14(9-11-15)16(20)19-17(22)18-12-13-6-4-3-5-7-13/h3-11H,2,12H2,1H3,(H2,18,19,20,22). The summed E-state index contributed by atoms with van der Waals surface area (Å²) in [6, 6.07) is 16.8. The Morgan fingerprint density at radius 1 is 1.09 bits per heavy atom. The zero-order valence-corrected chi connectivity index (χ0v) is 13.2. The quantitative estimate of drug-likeness (QED) is 0.833. The van der Waals surface area contributed by atoms with Gasteiger partial charge in [0.15, 0.2) is 5.11 Å². The molecule has 114 valence electrons. The predicted octanol–water partition coefficient (Wildman–Crippen LogP) is 2.89. The van der Waals surface area contributed by atoms with Crippen LogP contribution in [-0.4, -0.2) is 17.6 Å². The summed E-state index contributed by atoms with van der Waals surface area (Å²) >= 11 is 5.13. The maximum atomic E-state index is 12.1. The van der Waals surface area contributed by atoms with Crippen LogP contribution in [0.1, 0.15) is 22.8 Å². The van der Waals surface area contributed by atoms with Crippen molar-refractivity contribution in [1.29, 1.82) is 0 Å². The lowest BCUT2D eigenvalue weighted by molar-refractivity contribution is 0.0976. The number of carbonyl (C=O) groups is 1. The normalized spacial score (nSPS) is 9.86. The van der Waals surface area contributed by atoms with Crippen LogP contribution < -0.4 is 15.4 Å². The Balaban J connectivity index is 1.84. The van der Waals surface area contributed by atoms with Crippen LogP contribution in [-0.2, 0) is 6.54 Å². The number of nitrogens with one attached hydrogen (secondary N) is 2. The molecule has 0 saturated heterocycles. The highest BCUT2D eigenvalue weighted by molar-refractivity contribution is 7.80. The first-order valence-electron chi connectivity index (χ1n) is 7.05. The number of amides is 1. The Morgan fingerprint density at radius 3 is 2.41 bits per heavy atom. The zero-order chi connectivity index (χ0) is 15.8. The summed E-state index contributed by atoms with van der Waals surface area (Å²) in [7, 11) is 0. The number of ether oxygens (including phenoxy) is 1. The molecule has 2 aromatic rings. The second kappa shape index (κ2) is 8.14. The molecular formula is C17H18N2O2S. The Labute approximate surface area is 135 Å².